The summed E-state index contributed by atoms with van der Waals surface area (Å²) < 4.78 is 0.972. The van der Waals surface area contributed by atoms with Gasteiger partial charge in [-0.25, -0.2) is 4.79 Å². The van der Waals surface area contributed by atoms with Crippen LogP contribution >= 0.6 is 15.9 Å². The van der Waals surface area contributed by atoms with Crippen LogP contribution < -0.4 is 5.32 Å². The van der Waals surface area contributed by atoms with E-state index in [-0.39, 0.29) is 6.03 Å². The molecule has 1 fully saturated rings. The Bertz CT molecular complexity index is 533. The first-order valence-corrected chi connectivity index (χ1v) is 7.27. The first-order chi connectivity index (χ1) is 9.47. The van der Waals surface area contributed by atoms with Crippen LogP contribution in [0, 0.1) is 12.8 Å². The first kappa shape index (κ1) is 14.8. The van der Waals surface area contributed by atoms with E-state index in [1.54, 1.807) is 4.90 Å². The van der Waals surface area contributed by atoms with E-state index < -0.39 is 11.9 Å². The second-order valence-electron chi connectivity index (χ2n) is 5.00. The van der Waals surface area contributed by atoms with Crippen LogP contribution in [-0.4, -0.2) is 35.1 Å². The SMILES string of the molecule is Cc1ccc(Br)cc1CNC(=O)N1CCC(C(=O)O)C1. The van der Waals surface area contributed by atoms with E-state index >= 15 is 0 Å². The van der Waals surface area contributed by atoms with Crippen molar-refractivity contribution < 1.29 is 14.7 Å². The van der Waals surface area contributed by atoms with Gasteiger partial charge in [0.2, 0.25) is 0 Å². The van der Waals surface area contributed by atoms with Crippen molar-refractivity contribution >= 4 is 27.9 Å². The van der Waals surface area contributed by atoms with E-state index in [0.717, 1.165) is 15.6 Å². The fraction of sp³-hybridized carbons (Fsp3) is 0.429. The zero-order valence-corrected chi connectivity index (χ0v) is 12.8. The van der Waals surface area contributed by atoms with Crippen LogP contribution in [0.25, 0.3) is 0 Å². The third-order valence-corrected chi connectivity index (χ3v) is 4.06. The van der Waals surface area contributed by atoms with Crippen LogP contribution in [0.4, 0.5) is 4.79 Å². The molecular weight excluding hydrogens is 324 g/mol. The van der Waals surface area contributed by atoms with Gasteiger partial charge in [0.25, 0.3) is 0 Å². The van der Waals surface area contributed by atoms with Crippen molar-refractivity contribution in [3.8, 4) is 0 Å². The number of carboxylic acids is 1. The predicted octanol–water partition coefficient (Wildman–Crippen LogP) is 2.37. The van der Waals surface area contributed by atoms with Gasteiger partial charge in [-0.1, -0.05) is 22.0 Å². The lowest BCUT2D eigenvalue weighted by atomic mass is 10.1. The highest BCUT2D eigenvalue weighted by atomic mass is 79.9. The highest BCUT2D eigenvalue weighted by Crippen LogP contribution is 2.18. The van der Waals surface area contributed by atoms with Crippen molar-refractivity contribution in [1.82, 2.24) is 10.2 Å². The van der Waals surface area contributed by atoms with Gasteiger partial charge in [-0.2, -0.15) is 0 Å². The molecule has 2 N–H and O–H groups in total. The number of halogens is 1. The summed E-state index contributed by atoms with van der Waals surface area (Å²) in [4.78, 5) is 24.4. The fourth-order valence-electron chi connectivity index (χ4n) is 2.26. The quantitative estimate of drug-likeness (QED) is 0.887. The van der Waals surface area contributed by atoms with Crippen LogP contribution in [0.5, 0.6) is 0 Å². The van der Waals surface area contributed by atoms with Gasteiger partial charge < -0.3 is 15.3 Å². The molecule has 1 aromatic rings. The summed E-state index contributed by atoms with van der Waals surface area (Å²) >= 11 is 3.41. The van der Waals surface area contributed by atoms with Crippen LogP contribution in [0.3, 0.4) is 0 Å². The zero-order chi connectivity index (χ0) is 14.7. The molecule has 1 heterocycles. The van der Waals surface area contributed by atoms with Crippen molar-refractivity contribution in [3.05, 3.63) is 33.8 Å². The largest absolute Gasteiger partial charge is 0.481 e. The maximum Gasteiger partial charge on any atom is 0.317 e. The van der Waals surface area contributed by atoms with E-state index in [1.165, 1.54) is 0 Å². The Morgan fingerprint density at radius 3 is 2.90 bits per heavy atom. The molecule has 1 aromatic carbocycles. The van der Waals surface area contributed by atoms with Crippen molar-refractivity contribution in [2.24, 2.45) is 5.92 Å². The number of nitrogens with zero attached hydrogens (tertiary/aromatic N) is 1. The Morgan fingerprint density at radius 2 is 2.25 bits per heavy atom. The summed E-state index contributed by atoms with van der Waals surface area (Å²) in [6.45, 7) is 3.22. The number of likely N-dealkylation sites (tertiary alicyclic amines) is 1. The normalized spacial score (nSPS) is 18.1. The summed E-state index contributed by atoms with van der Waals surface area (Å²) in [6.07, 6.45) is 0.526. The Balaban J connectivity index is 1.90. The monoisotopic (exact) mass is 340 g/mol. The summed E-state index contributed by atoms with van der Waals surface area (Å²) in [7, 11) is 0. The fourth-order valence-corrected chi connectivity index (χ4v) is 2.67. The molecular formula is C14H17BrN2O3. The van der Waals surface area contributed by atoms with Crippen LogP contribution in [0.1, 0.15) is 17.5 Å². The number of rotatable bonds is 3. The molecule has 0 aliphatic carbocycles. The Morgan fingerprint density at radius 1 is 1.50 bits per heavy atom. The summed E-state index contributed by atoms with van der Waals surface area (Å²) in [6, 6.07) is 5.72. The van der Waals surface area contributed by atoms with E-state index in [4.69, 9.17) is 5.11 Å². The number of amides is 2. The Labute approximate surface area is 126 Å². The molecule has 1 saturated heterocycles. The van der Waals surface area contributed by atoms with Gasteiger partial charge in [0.05, 0.1) is 5.92 Å². The zero-order valence-electron chi connectivity index (χ0n) is 11.2. The molecule has 0 radical (unpaired) electrons. The summed E-state index contributed by atoms with van der Waals surface area (Å²) in [5, 5.41) is 11.8. The number of carbonyl (C=O) groups is 2. The number of urea groups is 1. The van der Waals surface area contributed by atoms with Gasteiger partial charge in [-0.15, -0.1) is 0 Å². The number of hydrogen-bond donors (Lipinski definition) is 2. The van der Waals surface area contributed by atoms with Crippen LogP contribution in [0.2, 0.25) is 0 Å². The molecule has 0 spiro atoms. The average Bonchev–Trinajstić information content (AvgIpc) is 2.89. The third-order valence-electron chi connectivity index (χ3n) is 3.57. The number of aliphatic carboxylic acids is 1. The minimum atomic E-state index is -0.830. The molecule has 2 rings (SSSR count). The number of hydrogen-bond acceptors (Lipinski definition) is 2. The second-order valence-corrected chi connectivity index (χ2v) is 5.92. The molecule has 0 bridgehead atoms. The number of benzene rings is 1. The first-order valence-electron chi connectivity index (χ1n) is 6.48. The Hall–Kier alpha value is -1.56. The van der Waals surface area contributed by atoms with Gasteiger partial charge in [0.15, 0.2) is 0 Å². The van der Waals surface area contributed by atoms with Gasteiger partial charge in [-0.05, 0) is 36.6 Å². The molecule has 2 amide bonds. The molecule has 1 atom stereocenters. The molecule has 20 heavy (non-hydrogen) atoms. The molecule has 108 valence electrons. The third kappa shape index (κ3) is 3.50. The maximum atomic E-state index is 12.0. The number of carboxylic acid groups (broad SMARTS) is 1. The molecule has 0 aromatic heterocycles. The smallest absolute Gasteiger partial charge is 0.317 e. The molecule has 1 aliphatic rings. The molecule has 1 unspecified atom stereocenters. The average molecular weight is 341 g/mol. The molecule has 6 heteroatoms. The second kappa shape index (κ2) is 6.26. The lowest BCUT2D eigenvalue weighted by molar-refractivity contribution is -0.141. The predicted molar refractivity (Wildman–Crippen MR) is 78.4 cm³/mol. The minimum absolute atomic E-state index is 0.201. The van der Waals surface area contributed by atoms with E-state index in [1.807, 2.05) is 25.1 Å². The topological polar surface area (TPSA) is 69.6 Å². The van der Waals surface area contributed by atoms with Crippen molar-refractivity contribution in [2.45, 2.75) is 19.9 Å². The van der Waals surface area contributed by atoms with Gasteiger partial charge >= 0.3 is 12.0 Å². The van der Waals surface area contributed by atoms with E-state index in [9.17, 15) is 9.59 Å². The van der Waals surface area contributed by atoms with Gasteiger partial charge in [-0.3, -0.25) is 4.79 Å². The summed E-state index contributed by atoms with van der Waals surface area (Å²) in [5.74, 6) is -1.27. The highest BCUT2D eigenvalue weighted by molar-refractivity contribution is 9.10. The van der Waals surface area contributed by atoms with E-state index in [2.05, 4.69) is 21.2 Å². The van der Waals surface area contributed by atoms with E-state index in [0.29, 0.717) is 26.1 Å². The van der Waals surface area contributed by atoms with Gasteiger partial charge in [0, 0.05) is 24.1 Å². The number of carbonyl (C=O) groups excluding carboxylic acids is 1. The number of nitrogens with one attached hydrogen (secondary N) is 1. The van der Waals surface area contributed by atoms with Crippen molar-refractivity contribution in [3.63, 3.8) is 0 Å². The molecule has 0 saturated carbocycles. The van der Waals surface area contributed by atoms with Gasteiger partial charge in [0.1, 0.15) is 0 Å². The Kier molecular flexibility index (Phi) is 4.65. The maximum absolute atomic E-state index is 12.0. The highest BCUT2D eigenvalue weighted by Gasteiger charge is 2.30. The number of aryl methyl sites for hydroxylation is 1. The van der Waals surface area contributed by atoms with Crippen LogP contribution in [-0.2, 0) is 11.3 Å². The van der Waals surface area contributed by atoms with Crippen molar-refractivity contribution in [2.75, 3.05) is 13.1 Å². The lowest BCUT2D eigenvalue weighted by Crippen LogP contribution is -2.38. The molecule has 5 nitrogen and oxygen atoms in total. The van der Waals surface area contributed by atoms with Crippen molar-refractivity contribution in [1.29, 1.82) is 0 Å². The minimum Gasteiger partial charge on any atom is -0.481 e. The van der Waals surface area contributed by atoms with Crippen LogP contribution in [0.15, 0.2) is 22.7 Å². The summed E-state index contributed by atoms with van der Waals surface area (Å²) in [5.41, 5.74) is 2.15. The standard InChI is InChI=1S/C14H17BrN2O3/c1-9-2-3-12(15)6-11(9)7-16-14(20)17-5-4-10(8-17)13(18)19/h2-3,6,10H,4-5,7-8H2,1H3,(H,16,20)(H,18,19). The lowest BCUT2D eigenvalue weighted by Gasteiger charge is -2.17. The molecule has 1 aliphatic heterocycles.